The van der Waals surface area contributed by atoms with Crippen molar-refractivity contribution in [1.29, 1.82) is 0 Å². The maximum absolute atomic E-state index is 12.2. The first kappa shape index (κ1) is 16.9. The summed E-state index contributed by atoms with van der Waals surface area (Å²) in [5.74, 6) is -0.418. The first-order valence-corrected chi connectivity index (χ1v) is 8.14. The maximum Gasteiger partial charge on any atom is 0.253 e. The zero-order valence-electron chi connectivity index (χ0n) is 11.7. The van der Waals surface area contributed by atoms with Crippen molar-refractivity contribution in [3.8, 4) is 0 Å². The van der Waals surface area contributed by atoms with Crippen LogP contribution in [0.2, 0.25) is 5.02 Å². The lowest BCUT2D eigenvalue weighted by atomic mass is 9.98. The maximum atomic E-state index is 12.2. The molecule has 0 aromatic heterocycles. The molecule has 1 amide bonds. The van der Waals surface area contributed by atoms with E-state index >= 15 is 0 Å². The van der Waals surface area contributed by atoms with Gasteiger partial charge in [-0.15, -0.1) is 0 Å². The molecule has 0 heterocycles. The van der Waals surface area contributed by atoms with Gasteiger partial charge in [-0.3, -0.25) is 4.79 Å². The normalized spacial score (nSPS) is 12.2. The Balaban J connectivity index is 3.10. The summed E-state index contributed by atoms with van der Waals surface area (Å²) in [4.78, 5) is 12.1. The molecule has 0 aliphatic carbocycles. The van der Waals surface area contributed by atoms with E-state index < -0.39 is 21.5 Å². The van der Waals surface area contributed by atoms with Crippen LogP contribution < -0.4 is 10.5 Å². The van der Waals surface area contributed by atoms with Crippen LogP contribution in [-0.4, -0.2) is 19.9 Å². The summed E-state index contributed by atoms with van der Waals surface area (Å²) < 4.78 is 22.6. The van der Waals surface area contributed by atoms with E-state index in [0.29, 0.717) is 0 Å². The molecule has 3 N–H and O–H groups in total. The zero-order valence-corrected chi connectivity index (χ0v) is 13.3. The second kappa shape index (κ2) is 6.11. The molecular weight excluding hydrogens is 300 g/mol. The summed E-state index contributed by atoms with van der Waals surface area (Å²) in [5.41, 5.74) is -0.297. The van der Waals surface area contributed by atoms with Gasteiger partial charge in [0.2, 0.25) is 10.0 Å². The van der Waals surface area contributed by atoms with Gasteiger partial charge in [0.15, 0.2) is 0 Å². The van der Waals surface area contributed by atoms with Crippen molar-refractivity contribution in [3.05, 3.63) is 28.8 Å². The van der Waals surface area contributed by atoms with Crippen LogP contribution in [0.15, 0.2) is 23.1 Å². The van der Waals surface area contributed by atoms with Crippen LogP contribution in [0.5, 0.6) is 0 Å². The Labute approximate surface area is 124 Å². The Morgan fingerprint density at radius 1 is 1.40 bits per heavy atom. The third kappa shape index (κ3) is 4.47. The summed E-state index contributed by atoms with van der Waals surface area (Å²) in [6.07, 6.45) is 1.71. The Hall–Kier alpha value is -1.11. The quantitative estimate of drug-likeness (QED) is 0.873. The summed E-state index contributed by atoms with van der Waals surface area (Å²) in [7, 11) is -3.87. The van der Waals surface area contributed by atoms with Gasteiger partial charge in [-0.25, -0.2) is 13.6 Å². The second-order valence-electron chi connectivity index (χ2n) is 5.27. The molecule has 0 aliphatic heterocycles. The molecule has 5 nitrogen and oxygen atoms in total. The van der Waals surface area contributed by atoms with Crippen molar-refractivity contribution in [1.82, 2.24) is 5.32 Å². The van der Waals surface area contributed by atoms with Gasteiger partial charge in [0.25, 0.3) is 5.91 Å². The van der Waals surface area contributed by atoms with Crippen LogP contribution in [0.3, 0.4) is 0 Å². The Morgan fingerprint density at radius 2 is 2.00 bits per heavy atom. The van der Waals surface area contributed by atoms with E-state index in [1.165, 1.54) is 18.2 Å². The summed E-state index contributed by atoms with van der Waals surface area (Å²) in [5, 5.41) is 8.06. The highest BCUT2D eigenvalue weighted by molar-refractivity contribution is 7.89. The third-order valence-corrected chi connectivity index (χ3v) is 4.08. The third-order valence-electron chi connectivity index (χ3n) is 2.84. The predicted molar refractivity (Wildman–Crippen MR) is 79.3 cm³/mol. The fourth-order valence-corrected chi connectivity index (χ4v) is 2.66. The van der Waals surface area contributed by atoms with Crippen LogP contribution in [0.25, 0.3) is 0 Å². The van der Waals surface area contributed by atoms with Crippen molar-refractivity contribution in [2.24, 2.45) is 5.14 Å². The van der Waals surface area contributed by atoms with Gasteiger partial charge in [0, 0.05) is 5.54 Å². The average Bonchev–Trinajstić information content (AvgIpc) is 2.26. The minimum atomic E-state index is -3.87. The van der Waals surface area contributed by atoms with Crippen molar-refractivity contribution >= 4 is 27.5 Å². The van der Waals surface area contributed by atoms with Crippen LogP contribution >= 0.6 is 11.6 Å². The highest BCUT2D eigenvalue weighted by Crippen LogP contribution is 2.21. The van der Waals surface area contributed by atoms with Crippen LogP contribution in [-0.2, 0) is 10.0 Å². The molecule has 0 atom stereocenters. The van der Waals surface area contributed by atoms with Gasteiger partial charge in [-0.05, 0) is 38.5 Å². The van der Waals surface area contributed by atoms with Gasteiger partial charge >= 0.3 is 0 Å². The highest BCUT2D eigenvalue weighted by atomic mass is 35.5. The molecule has 0 radical (unpaired) electrons. The molecule has 0 saturated heterocycles. The summed E-state index contributed by atoms with van der Waals surface area (Å²) in [6.45, 7) is 5.81. The van der Waals surface area contributed by atoms with Crippen molar-refractivity contribution < 1.29 is 13.2 Å². The number of carbonyl (C=O) groups is 1. The Kier molecular flexibility index (Phi) is 5.18. The van der Waals surface area contributed by atoms with Gasteiger partial charge < -0.3 is 5.32 Å². The van der Waals surface area contributed by atoms with E-state index in [1.54, 1.807) is 0 Å². The molecule has 1 aromatic carbocycles. The molecule has 7 heteroatoms. The SMILES string of the molecule is CCCC(C)(C)NC(=O)c1cc(S(N)(=O)=O)ccc1Cl. The van der Waals surface area contributed by atoms with E-state index in [4.69, 9.17) is 16.7 Å². The number of hydrogen-bond donors (Lipinski definition) is 2. The lowest BCUT2D eigenvalue weighted by molar-refractivity contribution is 0.0909. The number of rotatable bonds is 5. The van der Waals surface area contributed by atoms with Crippen LogP contribution in [0.1, 0.15) is 44.0 Å². The zero-order chi connectivity index (χ0) is 15.6. The largest absolute Gasteiger partial charge is 0.347 e. The van der Waals surface area contributed by atoms with Crippen molar-refractivity contribution in [2.75, 3.05) is 0 Å². The minimum Gasteiger partial charge on any atom is -0.347 e. The van der Waals surface area contributed by atoms with Crippen LogP contribution in [0, 0.1) is 0 Å². The number of hydrogen-bond acceptors (Lipinski definition) is 3. The molecule has 0 fully saturated rings. The van der Waals surface area contributed by atoms with E-state index in [2.05, 4.69) is 5.32 Å². The minimum absolute atomic E-state index is 0.0994. The molecule has 20 heavy (non-hydrogen) atoms. The van der Waals surface area contributed by atoms with Gasteiger partial charge in [0.1, 0.15) is 0 Å². The second-order valence-corrected chi connectivity index (χ2v) is 7.24. The predicted octanol–water partition coefficient (Wildman–Crippen LogP) is 2.30. The smallest absolute Gasteiger partial charge is 0.253 e. The van der Waals surface area contributed by atoms with E-state index in [1.807, 2.05) is 20.8 Å². The number of nitrogens with one attached hydrogen (secondary N) is 1. The molecule has 0 spiro atoms. The van der Waals surface area contributed by atoms with Gasteiger partial charge in [-0.1, -0.05) is 24.9 Å². The number of carbonyl (C=O) groups excluding carboxylic acids is 1. The topological polar surface area (TPSA) is 89.3 Å². The molecule has 0 aliphatic rings. The lowest BCUT2D eigenvalue weighted by Gasteiger charge is -2.26. The molecule has 0 saturated carbocycles. The first-order chi connectivity index (χ1) is 9.07. The molecule has 0 unspecified atom stereocenters. The number of benzene rings is 1. The molecule has 1 aromatic rings. The molecule has 0 bridgehead atoms. The number of amides is 1. The summed E-state index contributed by atoms with van der Waals surface area (Å²) >= 11 is 5.95. The van der Waals surface area contributed by atoms with Crippen molar-refractivity contribution in [2.45, 2.75) is 44.0 Å². The highest BCUT2D eigenvalue weighted by Gasteiger charge is 2.22. The monoisotopic (exact) mass is 318 g/mol. The van der Waals surface area contributed by atoms with Gasteiger partial charge in [0.05, 0.1) is 15.5 Å². The van der Waals surface area contributed by atoms with Gasteiger partial charge in [-0.2, -0.15) is 0 Å². The summed E-state index contributed by atoms with van der Waals surface area (Å²) in [6, 6.07) is 3.81. The van der Waals surface area contributed by atoms with E-state index in [9.17, 15) is 13.2 Å². The first-order valence-electron chi connectivity index (χ1n) is 6.21. The van der Waals surface area contributed by atoms with Crippen molar-refractivity contribution in [3.63, 3.8) is 0 Å². The lowest BCUT2D eigenvalue weighted by Crippen LogP contribution is -2.43. The number of sulfonamides is 1. The number of nitrogens with two attached hydrogens (primary N) is 1. The molecular formula is C13H19ClN2O3S. The molecule has 112 valence electrons. The average molecular weight is 319 g/mol. The van der Waals surface area contributed by atoms with Crippen LogP contribution in [0.4, 0.5) is 0 Å². The van der Waals surface area contributed by atoms with E-state index in [-0.39, 0.29) is 15.5 Å². The fourth-order valence-electron chi connectivity index (χ4n) is 1.92. The Morgan fingerprint density at radius 3 is 2.50 bits per heavy atom. The standard InChI is InChI=1S/C13H19ClN2O3S/c1-4-7-13(2,3)16-12(17)10-8-9(20(15,18)19)5-6-11(10)14/h5-6,8H,4,7H2,1-3H3,(H,16,17)(H2,15,18,19). The number of halogens is 1. The fraction of sp³-hybridized carbons (Fsp3) is 0.462. The Bertz CT molecular complexity index is 612. The molecule has 1 rings (SSSR count). The number of primary sulfonamides is 1. The van der Waals surface area contributed by atoms with E-state index in [0.717, 1.165) is 12.8 Å².